The van der Waals surface area contributed by atoms with E-state index in [2.05, 4.69) is 0 Å². The van der Waals surface area contributed by atoms with E-state index in [1.54, 1.807) is 0 Å². The first kappa shape index (κ1) is 11.0. The molecule has 0 radical (unpaired) electrons. The summed E-state index contributed by atoms with van der Waals surface area (Å²) in [7, 11) is 0. The van der Waals surface area contributed by atoms with Crippen LogP contribution in [-0.4, -0.2) is 5.97 Å². The Balaban J connectivity index is 0.000001000. The average molecular weight is 183 g/mol. The largest absolute Gasteiger partial charge is 1.00 e. The minimum absolute atomic E-state index is 0. The topological polar surface area (TPSA) is 53.3 Å². The van der Waals surface area contributed by atoms with Gasteiger partial charge in [0.25, 0.3) is 0 Å². The molecule has 1 aromatic heterocycles. The molecule has 0 fully saturated rings. The second-order valence-corrected chi connectivity index (χ2v) is 1.95. The van der Waals surface area contributed by atoms with Crippen molar-refractivity contribution in [1.82, 2.24) is 0 Å². The number of aromatic carboxylic acids is 1. The molecule has 0 aliphatic carbocycles. The van der Waals surface area contributed by atoms with Crippen LogP contribution < -0.4 is 34.7 Å². The Morgan fingerprint density at radius 1 is 1.64 bits per heavy atom. The minimum atomic E-state index is -1.32. The number of halogens is 1. The van der Waals surface area contributed by atoms with E-state index in [-0.39, 0.29) is 41.2 Å². The smallest absolute Gasteiger partial charge is 0.542 e. The number of carbonyl (C=O) groups is 1. The Hall–Kier alpha value is 0.0400. The summed E-state index contributed by atoms with van der Waals surface area (Å²) in [6, 6.07) is 2.81. The van der Waals surface area contributed by atoms with E-state index in [0.717, 1.165) is 0 Å². The third-order valence-corrected chi connectivity index (χ3v) is 1.26. The monoisotopic (exact) mass is 182 g/mol. The molecule has 3 nitrogen and oxygen atoms in total. The number of carboxylic acid groups (broad SMARTS) is 1. The Kier molecular flexibility index (Phi) is 4.84. The third-order valence-electron chi connectivity index (χ3n) is 0.995. The Morgan fingerprint density at radius 2 is 2.27 bits per heavy atom. The first-order valence-electron chi connectivity index (χ1n) is 2.60. The van der Waals surface area contributed by atoms with Gasteiger partial charge in [-0.05, 0) is 12.1 Å². The molecule has 0 unspecified atom stereocenters. The van der Waals surface area contributed by atoms with Crippen LogP contribution in [0.4, 0.5) is 0 Å². The first-order chi connectivity index (χ1) is 4.74. The van der Waals surface area contributed by atoms with Crippen molar-refractivity contribution < 1.29 is 43.9 Å². The quantitative estimate of drug-likeness (QED) is 0.372. The fourth-order valence-electron chi connectivity index (χ4n) is 0.559. The molecular formula is C6H4ClNaO3. The van der Waals surface area contributed by atoms with Crippen LogP contribution in [0.25, 0.3) is 0 Å². The van der Waals surface area contributed by atoms with Crippen LogP contribution in [-0.2, 0) is 5.88 Å². The van der Waals surface area contributed by atoms with E-state index in [1.807, 2.05) is 0 Å². The molecule has 1 aromatic rings. The normalized spacial score (nSPS) is 8.82. The van der Waals surface area contributed by atoms with Gasteiger partial charge < -0.3 is 14.3 Å². The summed E-state index contributed by atoms with van der Waals surface area (Å²) in [6.07, 6.45) is 0. The maximum atomic E-state index is 10.1. The number of furan rings is 1. The van der Waals surface area contributed by atoms with Gasteiger partial charge >= 0.3 is 29.6 Å². The summed E-state index contributed by atoms with van der Waals surface area (Å²) in [5, 5.41) is 10.1. The number of alkyl halides is 1. The van der Waals surface area contributed by atoms with Crippen LogP contribution >= 0.6 is 11.6 Å². The number of hydrogen-bond donors (Lipinski definition) is 0. The van der Waals surface area contributed by atoms with Gasteiger partial charge in [-0.25, -0.2) is 0 Å². The zero-order valence-corrected chi connectivity index (χ0v) is 8.72. The van der Waals surface area contributed by atoms with Gasteiger partial charge in [0.2, 0.25) is 0 Å². The number of carbonyl (C=O) groups excluding carboxylic acids is 1. The van der Waals surface area contributed by atoms with Crippen molar-refractivity contribution in [2.24, 2.45) is 0 Å². The number of carboxylic acids is 1. The molecule has 0 atom stereocenters. The van der Waals surface area contributed by atoms with Crippen LogP contribution in [0.15, 0.2) is 16.5 Å². The second-order valence-electron chi connectivity index (χ2n) is 1.69. The summed E-state index contributed by atoms with van der Waals surface area (Å²) < 4.78 is 4.70. The van der Waals surface area contributed by atoms with E-state index < -0.39 is 5.97 Å². The van der Waals surface area contributed by atoms with Crippen molar-refractivity contribution >= 4 is 17.6 Å². The number of rotatable bonds is 2. The van der Waals surface area contributed by atoms with Crippen molar-refractivity contribution in [3.8, 4) is 0 Å². The molecule has 1 heterocycles. The zero-order valence-electron chi connectivity index (χ0n) is 5.96. The van der Waals surface area contributed by atoms with E-state index in [4.69, 9.17) is 16.0 Å². The molecule has 11 heavy (non-hydrogen) atoms. The van der Waals surface area contributed by atoms with Crippen molar-refractivity contribution in [3.05, 3.63) is 23.7 Å². The van der Waals surface area contributed by atoms with Gasteiger partial charge in [0.15, 0.2) is 0 Å². The Morgan fingerprint density at radius 3 is 2.55 bits per heavy atom. The molecule has 0 N–H and O–H groups in total. The van der Waals surface area contributed by atoms with Crippen molar-refractivity contribution in [2.45, 2.75) is 5.88 Å². The SMILES string of the molecule is O=C([O-])c1ccc(CCl)o1.[Na+]. The Bertz CT molecular complexity index is 246. The molecule has 0 spiro atoms. The molecule has 0 saturated heterocycles. The fraction of sp³-hybridized carbons (Fsp3) is 0.167. The predicted molar refractivity (Wildman–Crippen MR) is 32.6 cm³/mol. The fourth-order valence-corrected chi connectivity index (χ4v) is 0.703. The molecule has 0 aromatic carbocycles. The molecular weight excluding hydrogens is 179 g/mol. The standard InChI is InChI=1S/C6H5ClO3.Na/c7-3-4-1-2-5(10-4)6(8)9;/h1-2H,3H2,(H,8,9);/q;+1/p-1. The average Bonchev–Trinajstić information content (AvgIpc) is 2.34. The summed E-state index contributed by atoms with van der Waals surface area (Å²) in [6.45, 7) is 0. The molecule has 54 valence electrons. The van der Waals surface area contributed by atoms with Crippen molar-refractivity contribution in [2.75, 3.05) is 0 Å². The van der Waals surface area contributed by atoms with Crippen LogP contribution in [0, 0.1) is 0 Å². The zero-order chi connectivity index (χ0) is 7.56. The molecule has 0 amide bonds. The van der Waals surface area contributed by atoms with E-state index >= 15 is 0 Å². The van der Waals surface area contributed by atoms with Crippen molar-refractivity contribution in [3.63, 3.8) is 0 Å². The van der Waals surface area contributed by atoms with Gasteiger partial charge in [0, 0.05) is 0 Å². The third kappa shape index (κ3) is 2.87. The molecule has 0 aliphatic rings. The van der Waals surface area contributed by atoms with Gasteiger partial charge in [0.1, 0.15) is 17.5 Å². The van der Waals surface area contributed by atoms with Crippen LogP contribution in [0.5, 0.6) is 0 Å². The predicted octanol–water partition coefficient (Wildman–Crippen LogP) is -2.61. The maximum Gasteiger partial charge on any atom is 1.00 e. The molecule has 0 aliphatic heterocycles. The summed E-state index contributed by atoms with van der Waals surface area (Å²) in [5.41, 5.74) is 0. The molecule has 1 rings (SSSR count). The minimum Gasteiger partial charge on any atom is -0.542 e. The first-order valence-corrected chi connectivity index (χ1v) is 3.13. The Labute approximate surface area is 90.6 Å². The van der Waals surface area contributed by atoms with Crippen LogP contribution in [0.1, 0.15) is 16.3 Å². The van der Waals surface area contributed by atoms with Crippen LogP contribution in [0.3, 0.4) is 0 Å². The van der Waals surface area contributed by atoms with Crippen LogP contribution in [0.2, 0.25) is 0 Å². The van der Waals surface area contributed by atoms with E-state index in [1.165, 1.54) is 12.1 Å². The summed E-state index contributed by atoms with van der Waals surface area (Å²) in [5.74, 6) is -0.902. The van der Waals surface area contributed by atoms with Gasteiger partial charge in [-0.15, -0.1) is 11.6 Å². The molecule has 5 heteroatoms. The van der Waals surface area contributed by atoms with Gasteiger partial charge in [0.05, 0.1) is 5.88 Å². The van der Waals surface area contributed by atoms with E-state index in [9.17, 15) is 9.90 Å². The summed E-state index contributed by atoms with van der Waals surface area (Å²) in [4.78, 5) is 10.1. The van der Waals surface area contributed by atoms with Gasteiger partial charge in [-0.3, -0.25) is 0 Å². The summed E-state index contributed by atoms with van der Waals surface area (Å²) >= 11 is 5.34. The van der Waals surface area contributed by atoms with Crippen molar-refractivity contribution in [1.29, 1.82) is 0 Å². The second kappa shape index (κ2) is 4.83. The maximum absolute atomic E-state index is 10.1. The molecule has 0 saturated carbocycles. The molecule has 0 bridgehead atoms. The number of hydrogen-bond acceptors (Lipinski definition) is 3. The van der Waals surface area contributed by atoms with Gasteiger partial charge in [-0.2, -0.15) is 0 Å². The van der Waals surface area contributed by atoms with E-state index in [0.29, 0.717) is 5.76 Å². The van der Waals surface area contributed by atoms with Gasteiger partial charge in [-0.1, -0.05) is 0 Å².